The zero-order chi connectivity index (χ0) is 24.2. The van der Waals surface area contributed by atoms with E-state index in [0.29, 0.717) is 10.6 Å². The molecule has 10 aliphatic heterocycles. The normalized spacial score (nSPS) is 66.6. The molecule has 12 rings (SSSR count). The van der Waals surface area contributed by atoms with E-state index in [-0.39, 0.29) is 7.92 Å². The molecule has 0 nitrogen and oxygen atoms in total. The van der Waals surface area contributed by atoms with Crippen molar-refractivity contribution in [3.8, 4) is 0 Å². The minimum Gasteiger partial charge on any atom is -0.132 e. The number of hydrogen-bond acceptors (Lipinski definition) is 0. The van der Waals surface area contributed by atoms with E-state index >= 15 is 0 Å². The van der Waals surface area contributed by atoms with Crippen molar-refractivity contribution in [3.63, 3.8) is 0 Å². The van der Waals surface area contributed by atoms with Gasteiger partial charge in [-0.25, -0.2) is 0 Å². The number of fused-ring (bicyclic) bond motifs is 10. The molecule has 10 aliphatic rings. The fourth-order valence-corrected chi connectivity index (χ4v) is 112. The predicted molar refractivity (Wildman–Crippen MR) is 153 cm³/mol. The van der Waals surface area contributed by atoms with Crippen LogP contribution < -0.4 is 10.6 Å². The van der Waals surface area contributed by atoms with Crippen LogP contribution in [0.2, 0.25) is 42.8 Å². The quantitative estimate of drug-likeness (QED) is 0.260. The molecule has 188 valence electrons. The third-order valence-electron chi connectivity index (χ3n) is 18.7. The molecule has 0 amide bonds. The molecule has 2 aromatic rings. The van der Waals surface area contributed by atoms with E-state index in [4.69, 9.17) is 0 Å². The summed E-state index contributed by atoms with van der Waals surface area (Å²) in [5, 5.41) is 3.92. The average Bonchev–Trinajstić information content (AvgIpc) is 3.73. The van der Waals surface area contributed by atoms with Gasteiger partial charge >= 0.3 is 172 Å². The Kier molecular flexibility index (Phi) is 1.59. The van der Waals surface area contributed by atoms with Crippen LogP contribution in [0.1, 0.15) is 54.4 Å². The van der Waals surface area contributed by atoms with E-state index < -0.39 is 6.51 Å². The maximum absolute atomic E-state index is 3.42. The summed E-state index contributed by atoms with van der Waals surface area (Å²) in [5.41, 5.74) is 0.505. The van der Waals surface area contributed by atoms with Gasteiger partial charge in [0.05, 0.1) is 0 Å². The van der Waals surface area contributed by atoms with Gasteiger partial charge in [-0.05, 0) is 5.16 Å². The van der Waals surface area contributed by atoms with E-state index in [0.717, 1.165) is 8.37 Å². The Balaban J connectivity index is 0.000000312. The molecule has 10 saturated heterocycles. The van der Waals surface area contributed by atoms with E-state index in [1.165, 1.54) is 45.0 Å². The molecule has 2 aromatic carbocycles. The maximum Gasteiger partial charge on any atom is -0.0235 e. The van der Waals surface area contributed by atoms with Crippen molar-refractivity contribution < 1.29 is 6.51 Å². The van der Waals surface area contributed by atoms with Crippen molar-refractivity contribution in [2.75, 3.05) is 0 Å². The van der Waals surface area contributed by atoms with Crippen molar-refractivity contribution in [1.29, 1.82) is 0 Å². The monoisotopic (exact) mass is 544 g/mol. The summed E-state index contributed by atoms with van der Waals surface area (Å²) in [4.78, 5) is 11.1. The molecule has 10 fully saturated rings. The van der Waals surface area contributed by atoms with Crippen molar-refractivity contribution >= 4 is 27.8 Å². The molecule has 10 heterocycles. The average molecular weight is 544 g/mol. The summed E-state index contributed by atoms with van der Waals surface area (Å²) in [6.07, 6.45) is 3.15. The van der Waals surface area contributed by atoms with Crippen LogP contribution in [0, 0.1) is 5.41 Å². The van der Waals surface area contributed by atoms with Crippen LogP contribution in [0.25, 0.3) is 0 Å². The third kappa shape index (κ3) is 0.492. The summed E-state index contributed by atoms with van der Waals surface area (Å²) in [7, 11) is 2.55. The second kappa shape index (κ2) is 2.81. The molecule has 3 heteroatoms. The largest absolute Gasteiger partial charge is 0.132 e. The zero-order valence-corrected chi connectivity index (χ0v) is 25.3. The summed E-state index contributed by atoms with van der Waals surface area (Å²) >= 11 is 0. The van der Waals surface area contributed by atoms with Crippen LogP contribution in [0.4, 0.5) is 0 Å². The van der Waals surface area contributed by atoms with E-state index in [9.17, 15) is 0 Å². The Morgan fingerprint density at radius 2 is 1.14 bits per heavy atom. The van der Waals surface area contributed by atoms with Gasteiger partial charge in [0.1, 0.15) is 0 Å². The van der Waals surface area contributed by atoms with Crippen LogP contribution in [0.5, 0.6) is 0 Å². The molecule has 0 aliphatic carbocycles. The molecular formula is C32H42FeP2. The van der Waals surface area contributed by atoms with Gasteiger partial charge in [0.25, 0.3) is 0 Å². The fraction of sp³-hybridized carbons (Fsp3) is 0.625. The standard InChI is InChI=1S/C23H26P.C5H5.C4H11P.Fe/c1-23(2,3)18-17-19-11-10-16-22(19)24(20-12-6-4-7-13-20)21-14-8-5-9-15-21;1-2-4-5-3-1;1-4(2,3)5;/h4-16H,17-18H2,1-3H3;1-5H;5H2,1-3H3;. The molecule has 5 unspecified atom stereocenters. The first kappa shape index (κ1) is 19.8. The first-order valence-corrected chi connectivity index (χ1v) is 22.3. The zero-order valence-electron chi connectivity index (χ0n) is 22.2. The van der Waals surface area contributed by atoms with Crippen LogP contribution >= 0.6 is 17.2 Å². The summed E-state index contributed by atoms with van der Waals surface area (Å²) in [6.45, 7) is 10.6. The van der Waals surface area contributed by atoms with Crippen molar-refractivity contribution in [2.45, 2.75) is 106 Å². The van der Waals surface area contributed by atoms with Crippen molar-refractivity contribution in [2.24, 2.45) is 5.41 Å². The minimum atomic E-state index is -3.42. The number of hydrogen-bond donors (Lipinski definition) is 0. The van der Waals surface area contributed by atoms with Gasteiger partial charge in [-0.2, -0.15) is 0 Å². The molecule has 0 saturated carbocycles. The first-order chi connectivity index (χ1) is 16.2. The Hall–Kier alpha value is -0.181. The van der Waals surface area contributed by atoms with Gasteiger partial charge in [-0.15, -0.1) is 9.24 Å². The topological polar surface area (TPSA) is 0 Å². The molecule has 0 N–H and O–H groups in total. The van der Waals surface area contributed by atoms with Crippen molar-refractivity contribution in [3.05, 3.63) is 60.7 Å². The Morgan fingerprint density at radius 1 is 0.714 bits per heavy atom. The molecular weight excluding hydrogens is 502 g/mol. The molecule has 6 atom stereocenters. The summed E-state index contributed by atoms with van der Waals surface area (Å²) in [6, 6.07) is 24.1. The minimum absolute atomic E-state index is 0.164. The first-order valence-electron chi connectivity index (χ1n) is 14.1. The van der Waals surface area contributed by atoms with E-state index in [1.54, 1.807) is 17.0 Å². The Morgan fingerprint density at radius 3 is 1.49 bits per heavy atom. The summed E-state index contributed by atoms with van der Waals surface area (Å²) in [5.74, 6) is 0. The van der Waals surface area contributed by atoms with Gasteiger partial charge < -0.3 is 0 Å². The predicted octanol–water partition coefficient (Wildman–Crippen LogP) is 9.27. The molecule has 1 spiro atoms. The van der Waals surface area contributed by atoms with Crippen LogP contribution in [0.15, 0.2) is 60.7 Å². The van der Waals surface area contributed by atoms with Gasteiger partial charge in [0.2, 0.25) is 0 Å². The van der Waals surface area contributed by atoms with Gasteiger partial charge in [-0.1, -0.05) is 20.8 Å². The van der Waals surface area contributed by atoms with E-state index in [1.807, 2.05) is 0 Å². The smallest absolute Gasteiger partial charge is 0.0235 e. The van der Waals surface area contributed by atoms with E-state index in [2.05, 4.69) is 111 Å². The second-order valence-electron chi connectivity index (χ2n) is 18.3. The van der Waals surface area contributed by atoms with Crippen LogP contribution in [-0.4, -0.2) is 9.21 Å². The maximum atomic E-state index is 2.72. The summed E-state index contributed by atoms with van der Waals surface area (Å²) < 4.78 is 1.85. The molecule has 0 bridgehead atoms. The third-order valence-corrected chi connectivity index (χ3v) is 69.2. The van der Waals surface area contributed by atoms with Gasteiger partial charge in [0.15, 0.2) is 0 Å². The van der Waals surface area contributed by atoms with Gasteiger partial charge in [-0.3, -0.25) is 0 Å². The van der Waals surface area contributed by atoms with Crippen LogP contribution in [-0.2, 0) is 6.51 Å². The van der Waals surface area contributed by atoms with Crippen molar-refractivity contribution in [1.82, 2.24) is 0 Å². The number of rotatable bonds is 5. The molecule has 0 aromatic heterocycles. The fourth-order valence-electron chi connectivity index (χ4n) is 20.5. The Labute approximate surface area is 206 Å². The van der Waals surface area contributed by atoms with Crippen LogP contribution in [0.3, 0.4) is 0 Å². The second-order valence-corrected chi connectivity index (χ2v) is 46.2. The Bertz CT molecular complexity index is 1650. The number of benzene rings is 2. The molecule has 35 heavy (non-hydrogen) atoms. The molecule has 0 radical (unpaired) electrons. The van der Waals surface area contributed by atoms with Gasteiger partial charge in [0, 0.05) is 0 Å². The SMILES string of the molecule is CC(C)(C)CC[C@@]12[CH]3[CH]4[CH]5[C]1(P(c1ccccc1)c1ccccc1)[Fe]45321678[CH]2[CH]1[CH]6[CH]7[CH]28.CC(C)(C)P.